The molecule has 0 amide bonds. The molecule has 0 spiro atoms. The fourth-order valence-corrected chi connectivity index (χ4v) is 9.00. The van der Waals surface area contributed by atoms with Crippen molar-refractivity contribution < 1.29 is 52.0 Å². The minimum atomic E-state index is -1.62. The molecule has 12 heteroatoms. The molecule has 7 rings (SSSR count). The van der Waals surface area contributed by atoms with Crippen LogP contribution in [0.2, 0.25) is 0 Å². The highest BCUT2D eigenvalue weighted by Gasteiger charge is 2.78. The number of benzene rings is 1. The number of hydrogen-bond acceptors (Lipinski definition) is 12. The fourth-order valence-electron chi connectivity index (χ4n) is 9.00. The van der Waals surface area contributed by atoms with Crippen LogP contribution in [-0.4, -0.2) is 53.9 Å². The molecule has 6 atom stereocenters. The number of fused-ring (bicyclic) bond motifs is 7. The predicted octanol–water partition coefficient (Wildman–Crippen LogP) is 5.02. The van der Waals surface area contributed by atoms with Gasteiger partial charge in [0.15, 0.2) is 12.2 Å². The molecule has 258 valence electrons. The minimum Gasteiger partial charge on any atom is -0.490 e. The van der Waals surface area contributed by atoms with E-state index in [1.807, 2.05) is 27.7 Å². The van der Waals surface area contributed by atoms with Crippen LogP contribution in [0.15, 0.2) is 21.3 Å². The van der Waals surface area contributed by atoms with E-state index in [0.29, 0.717) is 23.8 Å². The van der Waals surface area contributed by atoms with E-state index in [1.165, 1.54) is 7.11 Å². The summed E-state index contributed by atoms with van der Waals surface area (Å²) >= 11 is 0. The first-order valence-corrected chi connectivity index (χ1v) is 16.4. The Balaban J connectivity index is 1.39. The number of carbonyl (C=O) groups is 4. The number of methoxy groups -OCH3 is 1. The van der Waals surface area contributed by atoms with Crippen molar-refractivity contribution in [2.75, 3.05) is 7.11 Å². The number of hydrogen-bond donors (Lipinski definition) is 0. The van der Waals surface area contributed by atoms with E-state index in [0.717, 1.165) is 0 Å². The molecule has 1 aromatic carbocycles. The lowest BCUT2D eigenvalue weighted by atomic mass is 9.66. The summed E-state index contributed by atoms with van der Waals surface area (Å²) in [5.74, 6) is -2.34. The average molecular weight is 667 g/mol. The van der Waals surface area contributed by atoms with Crippen LogP contribution in [0.25, 0.3) is 11.0 Å². The Labute approximate surface area is 277 Å². The summed E-state index contributed by atoms with van der Waals surface area (Å²) in [6.45, 7) is 15.9. The van der Waals surface area contributed by atoms with Crippen LogP contribution >= 0.6 is 0 Å². The van der Waals surface area contributed by atoms with Gasteiger partial charge in [0.05, 0.1) is 23.5 Å². The Bertz CT molecular complexity index is 1900. The molecule has 0 N–H and O–H groups in total. The largest absolute Gasteiger partial charge is 0.490 e. The molecule has 5 aliphatic rings. The zero-order chi connectivity index (χ0) is 35.2. The van der Waals surface area contributed by atoms with Crippen LogP contribution in [0.1, 0.15) is 98.3 Å². The van der Waals surface area contributed by atoms with Crippen molar-refractivity contribution in [3.63, 3.8) is 0 Å². The molecule has 4 fully saturated rings. The van der Waals surface area contributed by atoms with Gasteiger partial charge in [-0.3, -0.25) is 9.59 Å². The standard InChI is InChI=1S/C36H42O12/c1-17-18-11-12-19-20(22(18)43-25(37)21(17)42-10)23(44-28(40)35-15-13-33(8,26(38)47-35)31(35,4)5)24(30(2,3)46-19)45-29(41)36-16-14-34(9,27(39)48-36)32(36,6)7/h11-12,23-24H,13-16H2,1-10H3/t23-,24-,33?,34?,35?,36?/m1/s1. The zero-order valence-electron chi connectivity index (χ0n) is 29.0. The number of rotatable bonds is 5. The van der Waals surface area contributed by atoms with Crippen LogP contribution in [0.3, 0.4) is 0 Å². The van der Waals surface area contributed by atoms with Crippen molar-refractivity contribution in [3.8, 4) is 11.5 Å². The van der Waals surface area contributed by atoms with Gasteiger partial charge in [0.1, 0.15) is 16.9 Å². The molecule has 4 unspecified atom stereocenters. The molecule has 2 saturated carbocycles. The van der Waals surface area contributed by atoms with Gasteiger partial charge < -0.3 is 32.8 Å². The highest BCUT2D eigenvalue weighted by molar-refractivity contribution is 5.95. The van der Waals surface area contributed by atoms with Crippen LogP contribution < -0.4 is 15.1 Å². The van der Waals surface area contributed by atoms with Crippen LogP contribution in [-0.2, 0) is 38.1 Å². The number of esters is 4. The van der Waals surface area contributed by atoms with Gasteiger partial charge in [-0.25, -0.2) is 14.4 Å². The number of carbonyl (C=O) groups excluding carboxylic acids is 4. The van der Waals surface area contributed by atoms with E-state index in [1.54, 1.807) is 46.8 Å². The highest BCUT2D eigenvalue weighted by Crippen LogP contribution is 2.67. The van der Waals surface area contributed by atoms with E-state index >= 15 is 0 Å². The van der Waals surface area contributed by atoms with Gasteiger partial charge in [-0.15, -0.1) is 0 Å². The summed E-state index contributed by atoms with van der Waals surface area (Å²) < 4.78 is 42.0. The summed E-state index contributed by atoms with van der Waals surface area (Å²) in [6, 6.07) is 3.37. The summed E-state index contributed by atoms with van der Waals surface area (Å²) in [4.78, 5) is 68.2. The van der Waals surface area contributed by atoms with Crippen molar-refractivity contribution in [2.45, 2.75) is 117 Å². The smallest absolute Gasteiger partial charge is 0.379 e. The first kappa shape index (κ1) is 32.5. The van der Waals surface area contributed by atoms with Crippen molar-refractivity contribution in [1.82, 2.24) is 0 Å². The maximum Gasteiger partial charge on any atom is 0.379 e. The Kier molecular flexibility index (Phi) is 6.30. The summed E-state index contributed by atoms with van der Waals surface area (Å²) in [5, 5.41) is 0.481. The van der Waals surface area contributed by atoms with Gasteiger partial charge in [-0.05, 0) is 72.4 Å². The molecule has 1 aromatic heterocycles. The van der Waals surface area contributed by atoms with Gasteiger partial charge in [0, 0.05) is 21.8 Å². The third-order valence-electron chi connectivity index (χ3n) is 13.4. The summed E-state index contributed by atoms with van der Waals surface area (Å²) in [7, 11) is 1.36. The van der Waals surface area contributed by atoms with Crippen molar-refractivity contribution in [2.24, 2.45) is 21.7 Å². The van der Waals surface area contributed by atoms with Crippen molar-refractivity contribution in [1.29, 1.82) is 0 Å². The van der Waals surface area contributed by atoms with Gasteiger partial charge >= 0.3 is 29.5 Å². The Morgan fingerprint density at radius 2 is 1.27 bits per heavy atom. The van der Waals surface area contributed by atoms with E-state index in [2.05, 4.69) is 0 Å². The summed E-state index contributed by atoms with van der Waals surface area (Å²) in [6.07, 6.45) is -1.41. The third-order valence-corrected chi connectivity index (χ3v) is 13.4. The lowest BCUT2D eigenvalue weighted by molar-refractivity contribution is -0.217. The molecule has 12 nitrogen and oxygen atoms in total. The highest BCUT2D eigenvalue weighted by atomic mass is 16.7. The van der Waals surface area contributed by atoms with Crippen LogP contribution in [0.4, 0.5) is 0 Å². The average Bonchev–Trinajstić information content (AvgIpc) is 3.46. The third kappa shape index (κ3) is 3.48. The number of ether oxygens (including phenoxy) is 6. The lowest BCUT2D eigenvalue weighted by Gasteiger charge is -2.45. The van der Waals surface area contributed by atoms with Gasteiger partial charge in [0.25, 0.3) is 0 Å². The molecule has 4 heterocycles. The van der Waals surface area contributed by atoms with E-state index in [4.69, 9.17) is 32.8 Å². The van der Waals surface area contributed by atoms with Crippen molar-refractivity contribution >= 4 is 34.8 Å². The van der Waals surface area contributed by atoms with Gasteiger partial charge in [-0.2, -0.15) is 0 Å². The second-order valence-corrected chi connectivity index (χ2v) is 16.1. The lowest BCUT2D eigenvalue weighted by Crippen LogP contribution is -2.57. The predicted molar refractivity (Wildman–Crippen MR) is 167 cm³/mol. The normalized spacial score (nSPS) is 36.2. The molecular weight excluding hydrogens is 624 g/mol. The first-order chi connectivity index (χ1) is 22.2. The minimum absolute atomic E-state index is 0.00782. The Morgan fingerprint density at radius 3 is 1.73 bits per heavy atom. The molecule has 2 saturated heterocycles. The maximum absolute atomic E-state index is 14.5. The van der Waals surface area contributed by atoms with Gasteiger partial charge in [0.2, 0.25) is 17.0 Å². The van der Waals surface area contributed by atoms with Crippen LogP contribution in [0, 0.1) is 28.6 Å². The zero-order valence-corrected chi connectivity index (χ0v) is 29.0. The molecular formula is C36H42O12. The maximum atomic E-state index is 14.5. The van der Waals surface area contributed by atoms with Crippen molar-refractivity contribution in [3.05, 3.63) is 33.7 Å². The molecule has 2 aromatic rings. The second kappa shape index (κ2) is 9.32. The van der Waals surface area contributed by atoms with E-state index in [9.17, 15) is 24.0 Å². The Hall–Kier alpha value is -4.09. The van der Waals surface area contributed by atoms with E-state index in [-0.39, 0.29) is 35.5 Å². The molecule has 4 bridgehead atoms. The molecule has 2 aliphatic carbocycles. The fraction of sp³-hybridized carbons (Fsp3) is 0.639. The monoisotopic (exact) mass is 666 g/mol. The number of aryl methyl sites for hydroxylation is 1. The first-order valence-electron chi connectivity index (χ1n) is 16.4. The topological polar surface area (TPSA) is 154 Å². The molecule has 48 heavy (non-hydrogen) atoms. The molecule has 0 radical (unpaired) electrons. The van der Waals surface area contributed by atoms with E-state index < -0.39 is 80.2 Å². The van der Waals surface area contributed by atoms with Gasteiger partial charge in [-0.1, -0.05) is 27.7 Å². The summed E-state index contributed by atoms with van der Waals surface area (Å²) in [5.41, 5.74) is -8.25. The molecule has 3 aliphatic heterocycles. The quantitative estimate of drug-likeness (QED) is 0.239. The SMILES string of the molecule is COc1c(C)c2ccc3c(c2oc1=O)[C@@H](OC(=O)C12CCC(C)(C(=O)O1)C2(C)C)[C@@H](OC(=O)C12CCC(C)(C(=O)O1)C2(C)C)C(C)(C)O3. The second-order valence-electron chi connectivity index (χ2n) is 16.1. The Morgan fingerprint density at radius 1 is 0.750 bits per heavy atom. The van der Waals surface area contributed by atoms with Crippen LogP contribution in [0.5, 0.6) is 11.5 Å².